The molecule has 1 N–H and O–H groups in total. The van der Waals surface area contributed by atoms with Crippen molar-refractivity contribution >= 4 is 11.3 Å². The van der Waals surface area contributed by atoms with Gasteiger partial charge in [-0.2, -0.15) is 0 Å². The Morgan fingerprint density at radius 1 is 1.33 bits per heavy atom. The first-order valence-electron chi connectivity index (χ1n) is 7.21. The molecule has 0 unspecified atom stereocenters. The van der Waals surface area contributed by atoms with E-state index < -0.39 is 0 Å². The third kappa shape index (κ3) is 4.06. The summed E-state index contributed by atoms with van der Waals surface area (Å²) in [5.74, 6) is 0.984. The summed E-state index contributed by atoms with van der Waals surface area (Å²) in [4.78, 5) is 4.71. The van der Waals surface area contributed by atoms with Gasteiger partial charge in [0.2, 0.25) is 0 Å². The molecular formula is C15H26N2S. The van der Waals surface area contributed by atoms with Gasteiger partial charge in [-0.25, -0.2) is 4.98 Å². The van der Waals surface area contributed by atoms with Gasteiger partial charge in [-0.05, 0) is 18.9 Å². The van der Waals surface area contributed by atoms with Crippen LogP contribution in [0.2, 0.25) is 0 Å². The molecule has 1 aliphatic carbocycles. The third-order valence-corrected chi connectivity index (χ3v) is 5.02. The van der Waals surface area contributed by atoms with Crippen LogP contribution >= 0.6 is 11.3 Å². The van der Waals surface area contributed by atoms with Gasteiger partial charge in [0, 0.05) is 17.3 Å². The molecule has 1 aromatic rings. The number of thiazole rings is 1. The molecule has 0 spiro atoms. The maximum atomic E-state index is 4.71. The minimum Gasteiger partial charge on any atom is -0.311 e. The Hall–Kier alpha value is -0.410. The maximum absolute atomic E-state index is 4.71. The lowest BCUT2D eigenvalue weighted by Gasteiger charge is -2.13. The second-order valence-corrected chi connectivity index (χ2v) is 7.37. The van der Waals surface area contributed by atoms with Gasteiger partial charge in [0.1, 0.15) is 0 Å². The highest BCUT2D eigenvalue weighted by molar-refractivity contribution is 7.09. The molecule has 3 heteroatoms. The van der Waals surface area contributed by atoms with Gasteiger partial charge in [-0.15, -0.1) is 11.3 Å². The van der Waals surface area contributed by atoms with Crippen molar-refractivity contribution in [2.45, 2.75) is 64.8 Å². The Morgan fingerprint density at radius 3 is 2.67 bits per heavy atom. The second kappa shape index (κ2) is 6.16. The average molecular weight is 266 g/mol. The predicted octanol–water partition coefficient (Wildman–Crippen LogP) is 4.11. The highest BCUT2D eigenvalue weighted by Gasteiger charge is 2.18. The van der Waals surface area contributed by atoms with E-state index in [9.17, 15) is 0 Å². The van der Waals surface area contributed by atoms with Crippen LogP contribution in [-0.4, -0.2) is 11.5 Å². The molecular weight excluding hydrogens is 240 g/mol. The highest BCUT2D eigenvalue weighted by atomic mass is 32.1. The van der Waals surface area contributed by atoms with E-state index in [1.165, 1.54) is 42.8 Å². The van der Waals surface area contributed by atoms with E-state index in [1.807, 2.05) is 0 Å². The van der Waals surface area contributed by atoms with Gasteiger partial charge >= 0.3 is 0 Å². The Morgan fingerprint density at radius 2 is 2.06 bits per heavy atom. The standard InChI is InChI=1S/C15H26N2S/c1-15(2,3)14-17-13(11-18-14)10-16-9-8-12-6-4-5-7-12/h11-12,16H,4-10H2,1-3H3. The van der Waals surface area contributed by atoms with Crippen molar-refractivity contribution in [3.05, 3.63) is 16.1 Å². The fourth-order valence-electron chi connectivity index (χ4n) is 2.55. The van der Waals surface area contributed by atoms with Crippen molar-refractivity contribution in [3.8, 4) is 0 Å². The molecule has 2 rings (SSSR count). The van der Waals surface area contributed by atoms with Crippen molar-refractivity contribution in [2.75, 3.05) is 6.54 Å². The molecule has 0 aromatic carbocycles. The Bertz CT molecular complexity index is 359. The second-order valence-electron chi connectivity index (χ2n) is 6.51. The van der Waals surface area contributed by atoms with E-state index in [-0.39, 0.29) is 5.41 Å². The zero-order chi connectivity index (χ0) is 13.0. The molecule has 1 aliphatic rings. The number of nitrogens with one attached hydrogen (secondary N) is 1. The molecule has 2 nitrogen and oxygen atoms in total. The van der Waals surface area contributed by atoms with E-state index >= 15 is 0 Å². The molecule has 0 saturated heterocycles. The van der Waals surface area contributed by atoms with Crippen molar-refractivity contribution in [1.29, 1.82) is 0 Å². The highest BCUT2D eigenvalue weighted by Crippen LogP contribution is 2.27. The van der Waals surface area contributed by atoms with E-state index in [4.69, 9.17) is 4.98 Å². The lowest BCUT2D eigenvalue weighted by atomic mass is 9.98. The minimum atomic E-state index is 0.187. The first-order valence-corrected chi connectivity index (χ1v) is 8.09. The fourth-order valence-corrected chi connectivity index (χ4v) is 3.46. The molecule has 0 atom stereocenters. The van der Waals surface area contributed by atoms with Crippen LogP contribution in [0.15, 0.2) is 5.38 Å². The maximum Gasteiger partial charge on any atom is 0.0982 e. The van der Waals surface area contributed by atoms with Crippen LogP contribution < -0.4 is 5.32 Å². The summed E-state index contributed by atoms with van der Waals surface area (Å²) in [6.45, 7) is 8.75. The molecule has 1 aromatic heterocycles. The van der Waals surface area contributed by atoms with E-state index in [0.717, 1.165) is 19.0 Å². The third-order valence-electron chi connectivity index (χ3n) is 3.70. The van der Waals surface area contributed by atoms with Crippen molar-refractivity contribution in [1.82, 2.24) is 10.3 Å². The first kappa shape index (κ1) is 14.0. The van der Waals surface area contributed by atoms with Gasteiger partial charge in [-0.1, -0.05) is 46.5 Å². The van der Waals surface area contributed by atoms with Crippen LogP contribution in [0.4, 0.5) is 0 Å². The molecule has 1 saturated carbocycles. The zero-order valence-electron chi connectivity index (χ0n) is 12.0. The Balaban J connectivity index is 1.68. The van der Waals surface area contributed by atoms with Crippen molar-refractivity contribution in [2.24, 2.45) is 5.92 Å². The minimum absolute atomic E-state index is 0.187. The van der Waals surface area contributed by atoms with Crippen LogP contribution in [0.1, 0.15) is 63.6 Å². The predicted molar refractivity (Wildman–Crippen MR) is 79.1 cm³/mol. The molecule has 0 radical (unpaired) electrons. The summed E-state index contributed by atoms with van der Waals surface area (Å²) in [5.41, 5.74) is 1.39. The van der Waals surface area contributed by atoms with Crippen LogP contribution in [0, 0.1) is 5.92 Å². The normalized spacial score (nSPS) is 17.5. The van der Waals surface area contributed by atoms with Gasteiger partial charge in [0.15, 0.2) is 0 Å². The first-order chi connectivity index (χ1) is 8.55. The van der Waals surface area contributed by atoms with Gasteiger partial charge < -0.3 is 5.32 Å². The molecule has 18 heavy (non-hydrogen) atoms. The van der Waals surface area contributed by atoms with E-state index in [1.54, 1.807) is 11.3 Å². The lowest BCUT2D eigenvalue weighted by molar-refractivity contribution is 0.476. The zero-order valence-corrected chi connectivity index (χ0v) is 12.8. The number of aromatic nitrogens is 1. The summed E-state index contributed by atoms with van der Waals surface area (Å²) in [6, 6.07) is 0. The monoisotopic (exact) mass is 266 g/mol. The molecule has 102 valence electrons. The van der Waals surface area contributed by atoms with Crippen LogP contribution in [0.3, 0.4) is 0 Å². The number of rotatable bonds is 5. The van der Waals surface area contributed by atoms with Crippen LogP contribution in [0.5, 0.6) is 0 Å². The van der Waals surface area contributed by atoms with Crippen LogP contribution in [0.25, 0.3) is 0 Å². The van der Waals surface area contributed by atoms with Gasteiger partial charge in [0.25, 0.3) is 0 Å². The molecule has 0 bridgehead atoms. The number of hydrogen-bond acceptors (Lipinski definition) is 3. The SMILES string of the molecule is CC(C)(C)c1nc(CNCCC2CCCC2)cs1. The van der Waals surface area contributed by atoms with Gasteiger partial charge in [-0.3, -0.25) is 0 Å². The van der Waals surface area contributed by atoms with Crippen molar-refractivity contribution < 1.29 is 0 Å². The summed E-state index contributed by atoms with van der Waals surface area (Å²) in [5, 5.41) is 6.98. The molecule has 1 fully saturated rings. The topological polar surface area (TPSA) is 24.9 Å². The fraction of sp³-hybridized carbons (Fsp3) is 0.800. The van der Waals surface area contributed by atoms with E-state index in [0.29, 0.717) is 0 Å². The molecule has 0 amide bonds. The van der Waals surface area contributed by atoms with Crippen LogP contribution in [-0.2, 0) is 12.0 Å². The largest absolute Gasteiger partial charge is 0.311 e. The summed E-state index contributed by atoms with van der Waals surface area (Å²) in [7, 11) is 0. The quantitative estimate of drug-likeness (QED) is 0.811. The summed E-state index contributed by atoms with van der Waals surface area (Å²) < 4.78 is 0. The smallest absolute Gasteiger partial charge is 0.0982 e. The average Bonchev–Trinajstić information content (AvgIpc) is 2.95. The molecule has 0 aliphatic heterocycles. The number of nitrogens with zero attached hydrogens (tertiary/aromatic N) is 1. The van der Waals surface area contributed by atoms with Crippen molar-refractivity contribution in [3.63, 3.8) is 0 Å². The Labute approximate surface area is 115 Å². The Kier molecular flexibility index (Phi) is 4.79. The lowest BCUT2D eigenvalue weighted by Crippen LogP contribution is -2.17. The summed E-state index contributed by atoms with van der Waals surface area (Å²) in [6.07, 6.45) is 7.15. The molecule has 1 heterocycles. The number of hydrogen-bond donors (Lipinski definition) is 1. The van der Waals surface area contributed by atoms with Gasteiger partial charge in [0.05, 0.1) is 10.7 Å². The summed E-state index contributed by atoms with van der Waals surface area (Å²) >= 11 is 1.79. The van der Waals surface area contributed by atoms with E-state index in [2.05, 4.69) is 31.5 Å².